The number of rotatable bonds is 6. The number of hydrogen-bond acceptors (Lipinski definition) is 6. The van der Waals surface area contributed by atoms with Gasteiger partial charge in [-0.05, 0) is 71.2 Å². The first-order chi connectivity index (χ1) is 18.3. The van der Waals surface area contributed by atoms with Crippen LogP contribution in [0.4, 0.5) is 10.5 Å². The van der Waals surface area contributed by atoms with Crippen LogP contribution in [0.3, 0.4) is 0 Å². The minimum absolute atomic E-state index is 0.0363. The number of fused-ring (bicyclic) bond motifs is 1. The van der Waals surface area contributed by atoms with Crippen LogP contribution in [0.1, 0.15) is 82.5 Å². The fraction of sp³-hybridized carbons (Fsp3) is 0.724. The first-order valence-electron chi connectivity index (χ1n) is 14.4. The van der Waals surface area contributed by atoms with Gasteiger partial charge < -0.3 is 35.4 Å². The van der Waals surface area contributed by atoms with Gasteiger partial charge in [0.15, 0.2) is 0 Å². The topological polar surface area (TPSA) is 112 Å². The number of carbonyl (C=O) groups is 2. The highest BCUT2D eigenvalue weighted by Crippen LogP contribution is 2.28. The summed E-state index contributed by atoms with van der Waals surface area (Å²) in [7, 11) is 1.90. The largest absolute Gasteiger partial charge is 0.490 e. The molecule has 0 radical (unpaired) electrons. The van der Waals surface area contributed by atoms with Crippen LogP contribution < -0.4 is 20.7 Å². The van der Waals surface area contributed by atoms with Crippen molar-refractivity contribution in [3.05, 3.63) is 23.8 Å². The third kappa shape index (κ3) is 8.85. The molecule has 0 aromatic heterocycles. The highest BCUT2D eigenvalue weighted by Gasteiger charge is 2.30. The van der Waals surface area contributed by atoms with Gasteiger partial charge in [0.05, 0.1) is 30.4 Å². The fourth-order valence-corrected chi connectivity index (χ4v) is 5.29. The van der Waals surface area contributed by atoms with Crippen LogP contribution in [0, 0.1) is 5.92 Å². The summed E-state index contributed by atoms with van der Waals surface area (Å²) in [6.45, 7) is 7.51. The molecule has 9 heteroatoms. The number of carbonyl (C=O) groups excluding carboxylic acids is 2. The number of ether oxygens (including phenoxy) is 2. The third-order valence-corrected chi connectivity index (χ3v) is 7.66. The maximum atomic E-state index is 14.0. The zero-order valence-corrected chi connectivity index (χ0v) is 23.6. The molecule has 1 aliphatic heterocycles. The normalized spacial score (nSPS) is 25.0. The Morgan fingerprint density at radius 3 is 2.58 bits per heavy atom. The van der Waals surface area contributed by atoms with E-state index in [4.69, 9.17) is 9.47 Å². The number of aliphatic hydroxyl groups is 1. The van der Waals surface area contributed by atoms with Gasteiger partial charge in [-0.3, -0.25) is 4.79 Å². The maximum Gasteiger partial charge on any atom is 0.319 e. The van der Waals surface area contributed by atoms with E-state index in [1.165, 1.54) is 6.42 Å². The highest BCUT2D eigenvalue weighted by molar-refractivity contribution is 5.99. The number of benzene rings is 1. The molecule has 9 nitrogen and oxygen atoms in total. The second-order valence-electron chi connectivity index (χ2n) is 11.0. The summed E-state index contributed by atoms with van der Waals surface area (Å²) >= 11 is 0. The zero-order valence-electron chi connectivity index (χ0n) is 23.6. The Labute approximate surface area is 228 Å². The van der Waals surface area contributed by atoms with Crippen molar-refractivity contribution in [3.8, 4) is 5.75 Å². The predicted octanol–water partition coefficient (Wildman–Crippen LogP) is 4.16. The lowest BCUT2D eigenvalue weighted by atomic mass is 9.96. The second kappa shape index (κ2) is 15.3. The molecular weight excluding hydrogens is 484 g/mol. The van der Waals surface area contributed by atoms with Crippen molar-refractivity contribution in [2.75, 3.05) is 38.7 Å². The standard InChI is InChI=1S/C29H48N4O5/c1-20-18-33(21(2)19-34)28(35)25-16-24(32-29(36)31-23-11-6-5-7-12-23)13-14-26(25)38-22(3)10-8-9-15-37-27(20)17-30-4/h13-14,16,20-23,27,30,34H,5-12,15,17-19H2,1-4H3,(H2,31,32,36)/t20-,21+,22-,27+/m1/s1. The summed E-state index contributed by atoms with van der Waals surface area (Å²) in [5.41, 5.74) is 0.909. The first-order valence-corrected chi connectivity index (χ1v) is 14.4. The van der Waals surface area contributed by atoms with Gasteiger partial charge in [0.1, 0.15) is 5.75 Å². The smallest absolute Gasteiger partial charge is 0.319 e. The van der Waals surface area contributed by atoms with Gasteiger partial charge in [0, 0.05) is 37.3 Å². The van der Waals surface area contributed by atoms with Gasteiger partial charge in [0.25, 0.3) is 5.91 Å². The highest BCUT2D eigenvalue weighted by atomic mass is 16.5. The van der Waals surface area contributed by atoms with Crippen molar-refractivity contribution >= 4 is 17.6 Å². The van der Waals surface area contributed by atoms with Crippen molar-refractivity contribution in [1.29, 1.82) is 0 Å². The molecule has 38 heavy (non-hydrogen) atoms. The van der Waals surface area contributed by atoms with Crippen LogP contribution in [-0.2, 0) is 4.74 Å². The summed E-state index contributed by atoms with van der Waals surface area (Å²) < 4.78 is 12.5. The fourth-order valence-electron chi connectivity index (χ4n) is 5.29. The van der Waals surface area contributed by atoms with Gasteiger partial charge in [-0.25, -0.2) is 4.79 Å². The molecule has 4 N–H and O–H groups in total. The maximum absolute atomic E-state index is 14.0. The Bertz CT molecular complexity index is 892. The van der Waals surface area contributed by atoms with Crippen LogP contribution in [0.25, 0.3) is 0 Å². The van der Waals surface area contributed by atoms with Crippen LogP contribution in [0.5, 0.6) is 5.75 Å². The number of amides is 3. The van der Waals surface area contributed by atoms with Gasteiger partial charge in [0.2, 0.25) is 0 Å². The van der Waals surface area contributed by atoms with E-state index in [1.807, 2.05) is 20.9 Å². The Balaban J connectivity index is 1.89. The molecular formula is C29H48N4O5. The SMILES string of the molecule is CNC[C@@H]1OCCCC[C@@H](C)Oc2ccc(NC(=O)NC3CCCCC3)cc2C(=O)N([C@@H](C)CO)C[C@H]1C. The molecule has 214 valence electrons. The van der Waals surface area contributed by atoms with Crippen molar-refractivity contribution in [3.63, 3.8) is 0 Å². The Morgan fingerprint density at radius 1 is 1.13 bits per heavy atom. The lowest BCUT2D eigenvalue weighted by Crippen LogP contribution is -2.47. The van der Waals surface area contributed by atoms with Crippen molar-refractivity contribution < 1.29 is 24.2 Å². The average Bonchev–Trinajstić information content (AvgIpc) is 2.90. The van der Waals surface area contributed by atoms with Gasteiger partial charge in [-0.2, -0.15) is 0 Å². The van der Waals surface area contributed by atoms with Gasteiger partial charge in [-0.15, -0.1) is 0 Å². The molecule has 4 atom stereocenters. The molecule has 0 saturated heterocycles. The van der Waals surface area contributed by atoms with Crippen LogP contribution >= 0.6 is 0 Å². The Kier molecular flexibility index (Phi) is 12.1. The monoisotopic (exact) mass is 532 g/mol. The van der Waals surface area contributed by atoms with Crippen molar-refractivity contribution in [2.45, 2.75) is 96.4 Å². The number of aliphatic hydroxyl groups excluding tert-OH is 1. The number of likely N-dealkylation sites (N-methyl/N-ethyl adjacent to an activating group) is 1. The summed E-state index contributed by atoms with van der Waals surface area (Å²) in [6.07, 6.45) is 8.04. The molecule has 2 aliphatic rings. The molecule has 1 aromatic carbocycles. The Hall–Kier alpha value is -2.36. The third-order valence-electron chi connectivity index (χ3n) is 7.66. The molecule has 1 fully saturated rings. The van der Waals surface area contributed by atoms with E-state index in [1.54, 1.807) is 23.1 Å². The van der Waals surface area contributed by atoms with E-state index < -0.39 is 6.04 Å². The lowest BCUT2D eigenvalue weighted by molar-refractivity contribution is -0.000451. The minimum atomic E-state index is -0.399. The van der Waals surface area contributed by atoms with Crippen LogP contribution in [0.2, 0.25) is 0 Å². The molecule has 0 bridgehead atoms. The summed E-state index contributed by atoms with van der Waals surface area (Å²) in [6, 6.07) is 4.76. The van der Waals surface area contributed by atoms with Crippen LogP contribution in [0.15, 0.2) is 18.2 Å². The second-order valence-corrected chi connectivity index (χ2v) is 11.0. The molecule has 3 amide bonds. The van der Waals surface area contributed by atoms with E-state index in [-0.39, 0.29) is 42.7 Å². The number of urea groups is 1. The van der Waals surface area contributed by atoms with Crippen molar-refractivity contribution in [2.24, 2.45) is 5.92 Å². The van der Waals surface area contributed by atoms with Gasteiger partial charge >= 0.3 is 6.03 Å². The average molecular weight is 533 g/mol. The number of nitrogens with one attached hydrogen (secondary N) is 3. The summed E-state index contributed by atoms with van der Waals surface area (Å²) in [4.78, 5) is 28.4. The molecule has 0 unspecified atom stereocenters. The molecule has 1 heterocycles. The van der Waals surface area contributed by atoms with E-state index in [9.17, 15) is 14.7 Å². The summed E-state index contributed by atoms with van der Waals surface area (Å²) in [5, 5.41) is 19.2. The van der Waals surface area contributed by atoms with Crippen molar-refractivity contribution in [1.82, 2.24) is 15.5 Å². The lowest BCUT2D eigenvalue weighted by Gasteiger charge is -2.34. The minimum Gasteiger partial charge on any atom is -0.490 e. The van der Waals surface area contributed by atoms with Gasteiger partial charge in [-0.1, -0.05) is 26.2 Å². The molecule has 1 aromatic rings. The number of nitrogens with zero attached hydrogens (tertiary/aromatic N) is 1. The van der Waals surface area contributed by atoms with E-state index in [0.717, 1.165) is 44.9 Å². The molecule has 1 saturated carbocycles. The number of hydrogen-bond donors (Lipinski definition) is 4. The first kappa shape index (κ1) is 30.2. The predicted molar refractivity (Wildman–Crippen MR) is 150 cm³/mol. The van der Waals surface area contributed by atoms with E-state index in [0.29, 0.717) is 36.7 Å². The zero-order chi connectivity index (χ0) is 27.5. The Morgan fingerprint density at radius 2 is 1.87 bits per heavy atom. The molecule has 0 spiro atoms. The van der Waals surface area contributed by atoms with E-state index >= 15 is 0 Å². The van der Waals surface area contributed by atoms with E-state index in [2.05, 4.69) is 22.9 Å². The molecule has 3 rings (SSSR count). The summed E-state index contributed by atoms with van der Waals surface area (Å²) in [5.74, 6) is 0.287. The number of anilines is 1. The van der Waals surface area contributed by atoms with Crippen LogP contribution in [-0.4, -0.2) is 79.6 Å². The quantitative estimate of drug-likeness (QED) is 0.438. The molecule has 1 aliphatic carbocycles.